The van der Waals surface area contributed by atoms with Gasteiger partial charge in [-0.05, 0) is 12.1 Å². The Balaban J connectivity index is 1.89. The highest BCUT2D eigenvalue weighted by Gasteiger charge is 2.13. The van der Waals surface area contributed by atoms with Crippen molar-refractivity contribution in [2.45, 2.75) is 17.9 Å². The summed E-state index contributed by atoms with van der Waals surface area (Å²) in [4.78, 5) is 35.4. The molecule has 10 heteroatoms. The summed E-state index contributed by atoms with van der Waals surface area (Å²) in [6.45, 7) is -0.0787. The van der Waals surface area contributed by atoms with E-state index in [-0.39, 0.29) is 24.4 Å². The van der Waals surface area contributed by atoms with Crippen LogP contribution in [0.1, 0.15) is 12.1 Å². The molecule has 0 aliphatic rings. The van der Waals surface area contributed by atoms with Gasteiger partial charge >= 0.3 is 5.69 Å². The molecule has 0 atom stereocenters. The topological polar surface area (TPSA) is 119 Å². The van der Waals surface area contributed by atoms with Crippen LogP contribution in [-0.4, -0.2) is 30.0 Å². The fourth-order valence-corrected chi connectivity index (χ4v) is 3.26. The van der Waals surface area contributed by atoms with Gasteiger partial charge in [0.05, 0.1) is 11.4 Å². The lowest BCUT2D eigenvalue weighted by molar-refractivity contribution is -0.121. The van der Waals surface area contributed by atoms with Gasteiger partial charge in [-0.15, -0.1) is 0 Å². The number of aromatic nitrogens is 2. The molecule has 1 amide bonds. The summed E-state index contributed by atoms with van der Waals surface area (Å²) in [7, 11) is -0.801. The first-order chi connectivity index (χ1) is 12.2. The molecule has 2 aromatic rings. The molecule has 0 saturated carbocycles. The van der Waals surface area contributed by atoms with Gasteiger partial charge < -0.3 is 5.32 Å². The predicted octanol–water partition coefficient (Wildman–Crippen LogP) is -0.931. The Hall–Kier alpha value is -2.72. The molecule has 0 unspecified atom stereocenters. The molecular weight excluding hydrogens is 360 g/mol. The van der Waals surface area contributed by atoms with E-state index in [1.807, 2.05) is 0 Å². The number of hydrogen-bond acceptors (Lipinski definition) is 5. The summed E-state index contributed by atoms with van der Waals surface area (Å²) in [5.41, 5.74) is -0.596. The minimum Gasteiger partial charge on any atom is -0.350 e. The number of nitrogens with zero attached hydrogens (tertiary/aromatic N) is 2. The van der Waals surface area contributed by atoms with Crippen molar-refractivity contribution < 1.29 is 13.2 Å². The Kier molecular flexibility index (Phi) is 6.11. The zero-order valence-electron chi connectivity index (χ0n) is 14.4. The van der Waals surface area contributed by atoms with Crippen LogP contribution >= 0.6 is 0 Å². The molecule has 1 aromatic heterocycles. The zero-order valence-corrected chi connectivity index (χ0v) is 15.2. The smallest absolute Gasteiger partial charge is 0.330 e. The lowest BCUT2D eigenvalue weighted by Crippen LogP contribution is -2.39. The number of amides is 1. The van der Waals surface area contributed by atoms with Crippen LogP contribution in [0.2, 0.25) is 0 Å². The fraction of sp³-hybridized carbons (Fsp3) is 0.312. The summed E-state index contributed by atoms with van der Waals surface area (Å²) in [5.74, 6) is -0.408. The molecular formula is C16H20N4O5S. The normalized spacial score (nSPS) is 11.3. The number of nitrogens with one attached hydrogen (secondary N) is 2. The van der Waals surface area contributed by atoms with Gasteiger partial charge in [0.15, 0.2) is 0 Å². The maximum absolute atomic E-state index is 12.0. The van der Waals surface area contributed by atoms with E-state index < -0.39 is 27.2 Å². The van der Waals surface area contributed by atoms with Crippen molar-refractivity contribution in [3.05, 3.63) is 62.9 Å². The second-order valence-corrected chi connectivity index (χ2v) is 7.38. The van der Waals surface area contributed by atoms with Crippen LogP contribution in [0.5, 0.6) is 0 Å². The van der Waals surface area contributed by atoms with Crippen LogP contribution in [0.3, 0.4) is 0 Å². The molecule has 26 heavy (non-hydrogen) atoms. The van der Waals surface area contributed by atoms with E-state index in [0.29, 0.717) is 5.69 Å². The van der Waals surface area contributed by atoms with Crippen molar-refractivity contribution in [1.82, 2.24) is 19.2 Å². The Morgan fingerprint density at radius 2 is 1.73 bits per heavy atom. The minimum atomic E-state index is -3.67. The lowest BCUT2D eigenvalue weighted by atomic mass is 10.3. The Morgan fingerprint density at radius 1 is 1.08 bits per heavy atom. The van der Waals surface area contributed by atoms with Gasteiger partial charge in [0.25, 0.3) is 5.56 Å². The van der Waals surface area contributed by atoms with Crippen molar-refractivity contribution in [1.29, 1.82) is 0 Å². The van der Waals surface area contributed by atoms with Crippen LogP contribution in [0, 0.1) is 0 Å². The lowest BCUT2D eigenvalue weighted by Gasteiger charge is -2.11. The Bertz CT molecular complexity index is 1010. The van der Waals surface area contributed by atoms with E-state index in [2.05, 4.69) is 10.0 Å². The van der Waals surface area contributed by atoms with E-state index in [1.54, 1.807) is 18.2 Å². The second-order valence-electron chi connectivity index (χ2n) is 5.61. The average molecular weight is 380 g/mol. The van der Waals surface area contributed by atoms with Gasteiger partial charge in [0.2, 0.25) is 15.9 Å². The van der Waals surface area contributed by atoms with E-state index in [4.69, 9.17) is 0 Å². The standard InChI is InChI=1S/C16H20N4O5S/c1-19-12(10-15(22)20(2)16(19)23)11-17-14(21)8-9-18-26(24,25)13-6-4-3-5-7-13/h3-7,10,18H,8-9,11H2,1-2H3,(H,17,21). The Morgan fingerprint density at radius 3 is 2.38 bits per heavy atom. The molecule has 0 aliphatic heterocycles. The Labute approximate surface area is 150 Å². The maximum atomic E-state index is 12.0. The molecule has 0 bridgehead atoms. The molecule has 1 aromatic carbocycles. The molecule has 0 radical (unpaired) electrons. The third kappa shape index (κ3) is 4.67. The highest BCUT2D eigenvalue weighted by atomic mass is 32.2. The van der Waals surface area contributed by atoms with E-state index in [1.165, 1.54) is 36.9 Å². The van der Waals surface area contributed by atoms with Crippen LogP contribution in [0.4, 0.5) is 0 Å². The van der Waals surface area contributed by atoms with Crippen molar-refractivity contribution in [2.75, 3.05) is 6.54 Å². The van der Waals surface area contributed by atoms with Crippen molar-refractivity contribution in [3.63, 3.8) is 0 Å². The molecule has 2 rings (SSSR count). The zero-order chi connectivity index (χ0) is 19.3. The number of hydrogen-bond donors (Lipinski definition) is 2. The third-order valence-electron chi connectivity index (χ3n) is 3.79. The third-order valence-corrected chi connectivity index (χ3v) is 5.27. The summed E-state index contributed by atoms with van der Waals surface area (Å²) >= 11 is 0. The molecule has 2 N–H and O–H groups in total. The average Bonchev–Trinajstić information content (AvgIpc) is 2.62. The van der Waals surface area contributed by atoms with Crippen molar-refractivity contribution in [3.8, 4) is 0 Å². The highest BCUT2D eigenvalue weighted by molar-refractivity contribution is 7.89. The number of sulfonamides is 1. The molecule has 0 aliphatic carbocycles. The monoisotopic (exact) mass is 380 g/mol. The van der Waals surface area contributed by atoms with E-state index in [9.17, 15) is 22.8 Å². The first-order valence-corrected chi connectivity index (χ1v) is 9.28. The quantitative estimate of drug-likeness (QED) is 0.643. The first-order valence-electron chi connectivity index (χ1n) is 7.80. The second kappa shape index (κ2) is 8.11. The summed E-state index contributed by atoms with van der Waals surface area (Å²) < 4.78 is 28.6. The maximum Gasteiger partial charge on any atom is 0.330 e. The SMILES string of the molecule is Cn1c(CNC(=O)CCNS(=O)(=O)c2ccccc2)cc(=O)n(C)c1=O. The summed E-state index contributed by atoms with van der Waals surface area (Å²) in [5, 5.41) is 2.56. The van der Waals surface area contributed by atoms with Gasteiger partial charge in [-0.2, -0.15) is 0 Å². The van der Waals surface area contributed by atoms with E-state index >= 15 is 0 Å². The van der Waals surface area contributed by atoms with Crippen molar-refractivity contribution >= 4 is 15.9 Å². The molecule has 1 heterocycles. The van der Waals surface area contributed by atoms with Gasteiger partial charge in [-0.1, -0.05) is 18.2 Å². The highest BCUT2D eigenvalue weighted by Crippen LogP contribution is 2.06. The van der Waals surface area contributed by atoms with Gasteiger partial charge in [0.1, 0.15) is 0 Å². The minimum absolute atomic E-state index is 0.00785. The molecule has 9 nitrogen and oxygen atoms in total. The van der Waals surface area contributed by atoms with Gasteiger partial charge in [-0.25, -0.2) is 17.9 Å². The fourth-order valence-electron chi connectivity index (χ4n) is 2.21. The molecule has 0 spiro atoms. The molecule has 0 fully saturated rings. The largest absolute Gasteiger partial charge is 0.350 e. The predicted molar refractivity (Wildman–Crippen MR) is 95.0 cm³/mol. The number of rotatable bonds is 7. The van der Waals surface area contributed by atoms with Gasteiger partial charge in [-0.3, -0.25) is 18.7 Å². The number of carbonyl (C=O) groups is 1. The van der Waals surface area contributed by atoms with Crippen LogP contribution in [0.25, 0.3) is 0 Å². The molecule has 140 valence electrons. The van der Waals surface area contributed by atoms with Crippen molar-refractivity contribution in [2.24, 2.45) is 14.1 Å². The summed E-state index contributed by atoms with van der Waals surface area (Å²) in [6.07, 6.45) is -0.0785. The van der Waals surface area contributed by atoms with Crippen LogP contribution in [-0.2, 0) is 35.5 Å². The number of benzene rings is 1. The summed E-state index contributed by atoms with van der Waals surface area (Å²) in [6, 6.07) is 9.10. The number of carbonyl (C=O) groups excluding carboxylic acids is 1. The first kappa shape index (κ1) is 19.6. The van der Waals surface area contributed by atoms with Crippen LogP contribution < -0.4 is 21.3 Å². The van der Waals surface area contributed by atoms with Gasteiger partial charge in [0, 0.05) is 38.8 Å². The molecule has 0 saturated heterocycles. The van der Waals surface area contributed by atoms with E-state index in [0.717, 1.165) is 4.57 Å². The van der Waals surface area contributed by atoms with Crippen LogP contribution in [0.15, 0.2) is 50.9 Å².